The summed E-state index contributed by atoms with van der Waals surface area (Å²) < 4.78 is 2.10. The van der Waals surface area contributed by atoms with Gasteiger partial charge in [0.1, 0.15) is 12.4 Å². The highest BCUT2D eigenvalue weighted by atomic mass is 32.1. The van der Waals surface area contributed by atoms with Crippen LogP contribution in [0.15, 0.2) is 41.4 Å². The first-order valence-electron chi connectivity index (χ1n) is 8.15. The first-order chi connectivity index (χ1) is 11.7. The van der Waals surface area contributed by atoms with E-state index in [0.29, 0.717) is 6.54 Å². The molecule has 1 aromatic carbocycles. The lowest BCUT2D eigenvalue weighted by Gasteiger charge is -2.10. The number of aliphatic imine (C=N–C) groups is 1. The molecule has 0 aliphatic heterocycles. The Kier molecular flexibility index (Phi) is 5.15. The molecule has 6 heteroatoms. The third kappa shape index (κ3) is 3.76. The van der Waals surface area contributed by atoms with E-state index in [1.807, 2.05) is 25.2 Å². The lowest BCUT2D eigenvalue weighted by atomic mass is 10.3. The van der Waals surface area contributed by atoms with Crippen molar-refractivity contribution in [2.75, 3.05) is 6.54 Å². The van der Waals surface area contributed by atoms with Crippen molar-refractivity contribution in [2.45, 2.75) is 26.9 Å². The van der Waals surface area contributed by atoms with Crippen molar-refractivity contribution in [2.24, 2.45) is 12.0 Å². The zero-order valence-corrected chi connectivity index (χ0v) is 15.2. The van der Waals surface area contributed by atoms with E-state index in [2.05, 4.69) is 57.2 Å². The largest absolute Gasteiger partial charge is 0.357 e. The number of rotatable bonds is 5. The average Bonchev–Trinajstić information content (AvgIpc) is 3.14. The van der Waals surface area contributed by atoms with Crippen LogP contribution >= 0.6 is 11.3 Å². The minimum absolute atomic E-state index is 0.546. The molecule has 0 aliphatic carbocycles. The SMILES string of the molecule is CCNC(=NCc1nc2ccccc2n1C)NCc1ccc(C)s1. The lowest BCUT2D eigenvalue weighted by molar-refractivity contribution is 0.781. The van der Waals surface area contributed by atoms with E-state index in [0.717, 1.165) is 35.9 Å². The molecule has 0 unspecified atom stereocenters. The van der Waals surface area contributed by atoms with Crippen LogP contribution in [0.5, 0.6) is 0 Å². The topological polar surface area (TPSA) is 54.2 Å². The number of aromatic nitrogens is 2. The van der Waals surface area contributed by atoms with E-state index in [1.54, 1.807) is 11.3 Å². The molecular formula is C18H23N5S. The van der Waals surface area contributed by atoms with Crippen LogP contribution in [0, 0.1) is 6.92 Å². The van der Waals surface area contributed by atoms with Gasteiger partial charge in [0.15, 0.2) is 5.96 Å². The minimum atomic E-state index is 0.546. The summed E-state index contributed by atoms with van der Waals surface area (Å²) in [6.07, 6.45) is 0. The van der Waals surface area contributed by atoms with Gasteiger partial charge in [-0.2, -0.15) is 0 Å². The van der Waals surface area contributed by atoms with Crippen molar-refractivity contribution in [3.8, 4) is 0 Å². The van der Waals surface area contributed by atoms with Crippen LogP contribution < -0.4 is 10.6 Å². The van der Waals surface area contributed by atoms with Gasteiger partial charge in [-0.05, 0) is 38.1 Å². The molecule has 0 saturated carbocycles. The van der Waals surface area contributed by atoms with Gasteiger partial charge in [0.25, 0.3) is 0 Å². The van der Waals surface area contributed by atoms with Crippen molar-refractivity contribution in [1.82, 2.24) is 20.2 Å². The number of para-hydroxylation sites is 2. The maximum Gasteiger partial charge on any atom is 0.191 e. The molecule has 0 bridgehead atoms. The molecule has 3 rings (SSSR count). The summed E-state index contributed by atoms with van der Waals surface area (Å²) in [6.45, 7) is 6.36. The summed E-state index contributed by atoms with van der Waals surface area (Å²) >= 11 is 1.81. The zero-order chi connectivity index (χ0) is 16.9. The highest BCUT2D eigenvalue weighted by Gasteiger charge is 2.07. The van der Waals surface area contributed by atoms with Crippen LogP contribution in [0.25, 0.3) is 11.0 Å². The Hall–Kier alpha value is -2.34. The molecule has 0 radical (unpaired) electrons. The average molecular weight is 341 g/mol. The van der Waals surface area contributed by atoms with Crippen LogP contribution in [-0.2, 0) is 20.1 Å². The number of nitrogens with zero attached hydrogens (tertiary/aromatic N) is 3. The second kappa shape index (κ2) is 7.49. The summed E-state index contributed by atoms with van der Waals surface area (Å²) in [5, 5.41) is 6.68. The Morgan fingerprint density at radius 3 is 2.75 bits per heavy atom. The molecule has 0 saturated heterocycles. The minimum Gasteiger partial charge on any atom is -0.357 e. The van der Waals surface area contributed by atoms with Crippen molar-refractivity contribution < 1.29 is 0 Å². The van der Waals surface area contributed by atoms with Crippen molar-refractivity contribution in [1.29, 1.82) is 0 Å². The molecule has 126 valence electrons. The number of hydrogen-bond acceptors (Lipinski definition) is 3. The maximum atomic E-state index is 4.68. The van der Waals surface area contributed by atoms with Gasteiger partial charge in [0, 0.05) is 23.3 Å². The standard InChI is InChI=1S/C18H23N5S/c1-4-19-18(20-11-14-10-9-13(2)24-14)21-12-17-22-15-7-5-6-8-16(15)23(17)3/h5-10H,4,11-12H2,1-3H3,(H2,19,20,21). The zero-order valence-electron chi connectivity index (χ0n) is 14.3. The molecule has 2 heterocycles. The summed E-state index contributed by atoms with van der Waals surface area (Å²) in [5.41, 5.74) is 2.15. The van der Waals surface area contributed by atoms with Crippen molar-refractivity contribution >= 4 is 28.3 Å². The summed E-state index contributed by atoms with van der Waals surface area (Å²) in [7, 11) is 2.04. The second-order valence-corrected chi connectivity index (χ2v) is 7.01. The van der Waals surface area contributed by atoms with Crippen LogP contribution in [0.2, 0.25) is 0 Å². The number of guanidine groups is 1. The molecule has 24 heavy (non-hydrogen) atoms. The van der Waals surface area contributed by atoms with Gasteiger partial charge in [-0.15, -0.1) is 11.3 Å². The quantitative estimate of drug-likeness (QED) is 0.553. The van der Waals surface area contributed by atoms with E-state index < -0.39 is 0 Å². The van der Waals surface area contributed by atoms with E-state index in [1.165, 1.54) is 9.75 Å². The van der Waals surface area contributed by atoms with Crippen LogP contribution in [-0.4, -0.2) is 22.1 Å². The van der Waals surface area contributed by atoms with E-state index >= 15 is 0 Å². The molecule has 0 fully saturated rings. The number of imidazole rings is 1. The first-order valence-corrected chi connectivity index (χ1v) is 8.97. The maximum absolute atomic E-state index is 4.68. The van der Waals surface area contributed by atoms with E-state index in [9.17, 15) is 0 Å². The third-order valence-corrected chi connectivity index (χ3v) is 4.83. The second-order valence-electron chi connectivity index (χ2n) is 5.64. The fourth-order valence-corrected chi connectivity index (χ4v) is 3.41. The predicted molar refractivity (Wildman–Crippen MR) is 101 cm³/mol. The highest BCUT2D eigenvalue weighted by molar-refractivity contribution is 7.11. The number of aryl methyl sites for hydroxylation is 2. The van der Waals surface area contributed by atoms with Gasteiger partial charge in [0.2, 0.25) is 0 Å². The highest BCUT2D eigenvalue weighted by Crippen LogP contribution is 2.15. The van der Waals surface area contributed by atoms with E-state index in [4.69, 9.17) is 0 Å². The van der Waals surface area contributed by atoms with Gasteiger partial charge >= 0.3 is 0 Å². The van der Waals surface area contributed by atoms with Crippen LogP contribution in [0.3, 0.4) is 0 Å². The number of fused-ring (bicyclic) bond motifs is 1. The van der Waals surface area contributed by atoms with Gasteiger partial charge in [-0.1, -0.05) is 12.1 Å². The lowest BCUT2D eigenvalue weighted by Crippen LogP contribution is -2.36. The van der Waals surface area contributed by atoms with E-state index in [-0.39, 0.29) is 0 Å². The molecule has 3 aromatic rings. The Bertz CT molecular complexity index is 846. The van der Waals surface area contributed by atoms with Gasteiger partial charge in [0.05, 0.1) is 17.6 Å². The smallest absolute Gasteiger partial charge is 0.191 e. The van der Waals surface area contributed by atoms with Gasteiger partial charge in [-0.3, -0.25) is 0 Å². The monoisotopic (exact) mass is 341 g/mol. The molecule has 0 spiro atoms. The fourth-order valence-electron chi connectivity index (χ4n) is 2.58. The van der Waals surface area contributed by atoms with Crippen LogP contribution in [0.4, 0.5) is 0 Å². The molecule has 0 amide bonds. The van der Waals surface area contributed by atoms with Crippen molar-refractivity contribution in [3.63, 3.8) is 0 Å². The number of thiophene rings is 1. The number of nitrogens with one attached hydrogen (secondary N) is 2. The molecule has 0 aliphatic rings. The normalized spacial score (nSPS) is 11.9. The molecule has 5 nitrogen and oxygen atoms in total. The molecule has 2 aromatic heterocycles. The first kappa shape index (κ1) is 16.5. The fraction of sp³-hybridized carbons (Fsp3) is 0.333. The predicted octanol–water partition coefficient (Wildman–Crippen LogP) is 3.20. The summed E-state index contributed by atoms with van der Waals surface area (Å²) in [5.74, 6) is 1.77. The van der Waals surface area contributed by atoms with Crippen LogP contribution in [0.1, 0.15) is 22.5 Å². The Morgan fingerprint density at radius 2 is 2.04 bits per heavy atom. The van der Waals surface area contributed by atoms with Gasteiger partial charge in [-0.25, -0.2) is 9.98 Å². The Morgan fingerprint density at radius 1 is 1.21 bits per heavy atom. The molecule has 0 atom stereocenters. The van der Waals surface area contributed by atoms with Gasteiger partial charge < -0.3 is 15.2 Å². The van der Waals surface area contributed by atoms with Crippen molar-refractivity contribution in [3.05, 3.63) is 52.0 Å². The summed E-state index contributed by atoms with van der Waals surface area (Å²) in [6, 6.07) is 12.5. The number of hydrogen-bond donors (Lipinski definition) is 2. The Labute approximate surface area is 146 Å². The molecular weight excluding hydrogens is 318 g/mol. The Balaban J connectivity index is 1.71. The summed E-state index contributed by atoms with van der Waals surface area (Å²) in [4.78, 5) is 12.0. The third-order valence-electron chi connectivity index (χ3n) is 3.83. The molecule has 2 N–H and O–H groups in total. The number of benzene rings is 1.